The van der Waals surface area contributed by atoms with Gasteiger partial charge in [-0.1, -0.05) is 6.92 Å². The maximum Gasteiger partial charge on any atom is 0.191 e. The summed E-state index contributed by atoms with van der Waals surface area (Å²) in [7, 11) is 0. The van der Waals surface area contributed by atoms with Crippen molar-refractivity contribution in [1.29, 1.82) is 0 Å². The van der Waals surface area contributed by atoms with Crippen LogP contribution >= 0.6 is 11.8 Å². The molecule has 2 N–H and O–H groups in total. The summed E-state index contributed by atoms with van der Waals surface area (Å²) in [5.41, 5.74) is 5.92. The number of hydrogen-bond donors (Lipinski definition) is 1. The van der Waals surface area contributed by atoms with E-state index in [0.717, 1.165) is 37.8 Å². The molecule has 0 amide bonds. The largest absolute Gasteiger partial charge is 0.370 e. The smallest absolute Gasteiger partial charge is 0.191 e. The predicted octanol–water partition coefficient (Wildman–Crippen LogP) is 1.54. The van der Waals surface area contributed by atoms with Crippen LogP contribution in [0.4, 0.5) is 0 Å². The summed E-state index contributed by atoms with van der Waals surface area (Å²) in [4.78, 5) is 6.54. The fourth-order valence-electron chi connectivity index (χ4n) is 1.54. The number of aliphatic imine (C=N–C) groups is 1. The van der Waals surface area contributed by atoms with Crippen molar-refractivity contribution in [2.45, 2.75) is 31.9 Å². The Hall–Kier alpha value is -0.380. The van der Waals surface area contributed by atoms with Crippen molar-refractivity contribution in [2.75, 3.05) is 25.4 Å². The molecule has 82 valence electrons. The Morgan fingerprint density at radius 3 is 2.86 bits per heavy atom. The average Bonchev–Trinajstić information content (AvgIpc) is 2.12. The highest BCUT2D eigenvalue weighted by Gasteiger charge is 2.27. The molecule has 1 saturated heterocycles. The molecule has 0 bridgehead atoms. The molecule has 0 aromatic carbocycles. The van der Waals surface area contributed by atoms with Crippen molar-refractivity contribution >= 4 is 17.7 Å². The lowest BCUT2D eigenvalue weighted by Crippen LogP contribution is -2.49. The SMILES string of the molecule is CCCN=C(N)N1CCSC(C)(C)C1. The van der Waals surface area contributed by atoms with E-state index < -0.39 is 0 Å². The Kier molecular flexibility index (Phi) is 4.11. The van der Waals surface area contributed by atoms with E-state index in [1.54, 1.807) is 0 Å². The summed E-state index contributed by atoms with van der Waals surface area (Å²) < 4.78 is 0.310. The zero-order chi connectivity index (χ0) is 10.6. The van der Waals surface area contributed by atoms with Gasteiger partial charge >= 0.3 is 0 Å². The van der Waals surface area contributed by atoms with Gasteiger partial charge in [0.1, 0.15) is 0 Å². The molecular weight excluding hydrogens is 194 g/mol. The van der Waals surface area contributed by atoms with E-state index in [2.05, 4.69) is 30.7 Å². The average molecular weight is 215 g/mol. The fraction of sp³-hybridized carbons (Fsp3) is 0.900. The van der Waals surface area contributed by atoms with Crippen LogP contribution in [0.25, 0.3) is 0 Å². The molecule has 0 radical (unpaired) electrons. The lowest BCUT2D eigenvalue weighted by Gasteiger charge is -2.38. The summed E-state index contributed by atoms with van der Waals surface area (Å²) >= 11 is 2.01. The Balaban J connectivity index is 2.51. The van der Waals surface area contributed by atoms with Crippen molar-refractivity contribution in [3.8, 4) is 0 Å². The minimum atomic E-state index is 0.310. The molecule has 0 saturated carbocycles. The van der Waals surface area contributed by atoms with Gasteiger partial charge in [0, 0.05) is 30.1 Å². The van der Waals surface area contributed by atoms with Gasteiger partial charge in [0.25, 0.3) is 0 Å². The summed E-state index contributed by atoms with van der Waals surface area (Å²) in [6, 6.07) is 0. The zero-order valence-corrected chi connectivity index (χ0v) is 10.2. The van der Waals surface area contributed by atoms with E-state index in [-0.39, 0.29) is 0 Å². The minimum Gasteiger partial charge on any atom is -0.370 e. The Labute approximate surface area is 91.1 Å². The number of hydrogen-bond acceptors (Lipinski definition) is 2. The van der Waals surface area contributed by atoms with Gasteiger partial charge in [0.15, 0.2) is 5.96 Å². The molecule has 0 aromatic rings. The quantitative estimate of drug-likeness (QED) is 0.561. The number of rotatable bonds is 2. The van der Waals surface area contributed by atoms with Gasteiger partial charge in [-0.15, -0.1) is 0 Å². The second-order valence-electron chi connectivity index (χ2n) is 4.27. The summed E-state index contributed by atoms with van der Waals surface area (Å²) in [6.45, 7) is 9.53. The van der Waals surface area contributed by atoms with Crippen LogP contribution in [0.5, 0.6) is 0 Å². The first-order valence-corrected chi connectivity index (χ1v) is 6.22. The maximum atomic E-state index is 5.92. The third-order valence-electron chi connectivity index (χ3n) is 2.25. The molecule has 3 nitrogen and oxygen atoms in total. The van der Waals surface area contributed by atoms with Crippen molar-refractivity contribution in [1.82, 2.24) is 4.90 Å². The van der Waals surface area contributed by atoms with Crippen LogP contribution in [0, 0.1) is 0 Å². The lowest BCUT2D eigenvalue weighted by molar-refractivity contribution is 0.384. The number of guanidine groups is 1. The molecule has 0 spiro atoms. The van der Waals surface area contributed by atoms with Crippen molar-refractivity contribution in [2.24, 2.45) is 10.7 Å². The van der Waals surface area contributed by atoms with Gasteiger partial charge in [-0.05, 0) is 20.3 Å². The Morgan fingerprint density at radius 2 is 2.29 bits per heavy atom. The van der Waals surface area contributed by atoms with Gasteiger partial charge in [-0.2, -0.15) is 11.8 Å². The van der Waals surface area contributed by atoms with Crippen molar-refractivity contribution < 1.29 is 0 Å². The molecule has 1 fully saturated rings. The van der Waals surface area contributed by atoms with E-state index in [1.165, 1.54) is 0 Å². The molecule has 14 heavy (non-hydrogen) atoms. The third-order valence-corrected chi connectivity index (χ3v) is 3.54. The minimum absolute atomic E-state index is 0.310. The highest BCUT2D eigenvalue weighted by molar-refractivity contribution is 8.00. The normalized spacial score (nSPS) is 22.5. The van der Waals surface area contributed by atoms with Crippen LogP contribution in [0.15, 0.2) is 4.99 Å². The molecular formula is C10H21N3S. The van der Waals surface area contributed by atoms with Gasteiger partial charge in [0.05, 0.1) is 0 Å². The topological polar surface area (TPSA) is 41.6 Å². The van der Waals surface area contributed by atoms with Crippen LogP contribution in [0.2, 0.25) is 0 Å². The van der Waals surface area contributed by atoms with E-state index in [9.17, 15) is 0 Å². The molecule has 0 atom stereocenters. The lowest BCUT2D eigenvalue weighted by atomic mass is 10.2. The molecule has 0 aliphatic carbocycles. The predicted molar refractivity (Wildman–Crippen MR) is 64.9 cm³/mol. The molecule has 0 unspecified atom stereocenters. The Morgan fingerprint density at radius 1 is 1.57 bits per heavy atom. The first-order valence-electron chi connectivity index (χ1n) is 5.24. The molecule has 1 rings (SSSR count). The molecule has 1 aliphatic heterocycles. The van der Waals surface area contributed by atoms with Crippen molar-refractivity contribution in [3.63, 3.8) is 0 Å². The van der Waals surface area contributed by atoms with E-state index >= 15 is 0 Å². The number of thioether (sulfide) groups is 1. The van der Waals surface area contributed by atoms with Gasteiger partial charge in [-0.3, -0.25) is 4.99 Å². The molecule has 0 aromatic heterocycles. The first-order chi connectivity index (χ1) is 6.55. The molecule has 1 heterocycles. The highest BCUT2D eigenvalue weighted by Crippen LogP contribution is 2.29. The van der Waals surface area contributed by atoms with Crippen LogP contribution in [-0.2, 0) is 0 Å². The highest BCUT2D eigenvalue weighted by atomic mass is 32.2. The van der Waals surface area contributed by atoms with Gasteiger partial charge in [-0.25, -0.2) is 0 Å². The summed E-state index contributed by atoms with van der Waals surface area (Å²) in [5.74, 6) is 1.87. The van der Waals surface area contributed by atoms with E-state index in [0.29, 0.717) is 4.75 Å². The first kappa shape index (κ1) is 11.7. The zero-order valence-electron chi connectivity index (χ0n) is 9.42. The molecule has 1 aliphatic rings. The summed E-state index contributed by atoms with van der Waals surface area (Å²) in [6.07, 6.45) is 1.06. The summed E-state index contributed by atoms with van der Waals surface area (Å²) in [5, 5.41) is 0. The van der Waals surface area contributed by atoms with Crippen LogP contribution in [-0.4, -0.2) is 41.0 Å². The second kappa shape index (κ2) is 4.91. The monoisotopic (exact) mass is 215 g/mol. The van der Waals surface area contributed by atoms with Crippen LogP contribution in [0.1, 0.15) is 27.2 Å². The van der Waals surface area contributed by atoms with Crippen molar-refractivity contribution in [3.05, 3.63) is 0 Å². The van der Waals surface area contributed by atoms with Gasteiger partial charge in [0.2, 0.25) is 0 Å². The van der Waals surface area contributed by atoms with Gasteiger partial charge < -0.3 is 10.6 Å². The van der Waals surface area contributed by atoms with Crippen LogP contribution < -0.4 is 5.73 Å². The standard InChI is InChI=1S/C10H21N3S/c1-4-5-12-9(11)13-6-7-14-10(2,3)8-13/h4-8H2,1-3H3,(H2,11,12). The maximum absolute atomic E-state index is 5.92. The van der Waals surface area contributed by atoms with E-state index in [4.69, 9.17) is 5.73 Å². The fourth-order valence-corrected chi connectivity index (χ4v) is 2.65. The molecule has 4 heteroatoms. The van der Waals surface area contributed by atoms with E-state index in [1.807, 2.05) is 11.8 Å². The second-order valence-corrected chi connectivity index (χ2v) is 6.07. The van der Waals surface area contributed by atoms with Crippen LogP contribution in [0.3, 0.4) is 0 Å². The number of nitrogens with zero attached hydrogens (tertiary/aromatic N) is 2. The Bertz CT molecular complexity index is 213. The number of nitrogens with two attached hydrogens (primary N) is 1. The third kappa shape index (κ3) is 3.40.